The van der Waals surface area contributed by atoms with E-state index < -0.39 is 0 Å². The number of hydrogen-bond donors (Lipinski definition) is 0. The van der Waals surface area contributed by atoms with E-state index in [9.17, 15) is 4.79 Å². The van der Waals surface area contributed by atoms with Gasteiger partial charge in [-0.25, -0.2) is 4.79 Å². The largest absolute Gasteiger partial charge is 0.459 e. The van der Waals surface area contributed by atoms with Crippen molar-refractivity contribution >= 4 is 5.97 Å². The molecule has 3 fully saturated rings. The van der Waals surface area contributed by atoms with Crippen molar-refractivity contribution in [2.75, 3.05) is 0 Å². The van der Waals surface area contributed by atoms with Gasteiger partial charge in [-0.2, -0.15) is 0 Å². The van der Waals surface area contributed by atoms with Gasteiger partial charge in [0.2, 0.25) is 0 Å². The molecule has 0 radical (unpaired) electrons. The minimum atomic E-state index is -0.149. The van der Waals surface area contributed by atoms with Crippen LogP contribution in [0.5, 0.6) is 0 Å². The second-order valence-corrected chi connectivity index (χ2v) is 13.9. The second kappa shape index (κ2) is 10.3. The third-order valence-electron chi connectivity index (χ3n) is 11.5. The molecule has 0 saturated heterocycles. The van der Waals surface area contributed by atoms with Crippen LogP contribution in [0.1, 0.15) is 116 Å². The van der Waals surface area contributed by atoms with E-state index >= 15 is 0 Å². The normalized spacial score (nSPS) is 38.5. The van der Waals surface area contributed by atoms with E-state index in [2.05, 4.69) is 40.7 Å². The van der Waals surface area contributed by atoms with Crippen LogP contribution in [-0.2, 0) is 4.74 Å². The van der Waals surface area contributed by atoms with Crippen LogP contribution in [0.3, 0.4) is 0 Å². The summed E-state index contributed by atoms with van der Waals surface area (Å²) in [5.41, 5.74) is 3.41. The summed E-state index contributed by atoms with van der Waals surface area (Å²) in [5, 5.41) is 0. The summed E-state index contributed by atoms with van der Waals surface area (Å²) in [7, 11) is 0. The van der Waals surface area contributed by atoms with E-state index in [1.165, 1.54) is 57.8 Å². The van der Waals surface area contributed by atoms with E-state index in [4.69, 9.17) is 4.74 Å². The first kappa shape index (κ1) is 26.1. The van der Waals surface area contributed by atoms with Gasteiger partial charge in [-0.05, 0) is 110 Å². The van der Waals surface area contributed by atoms with Gasteiger partial charge in [0.05, 0.1) is 5.56 Å². The zero-order valence-electron chi connectivity index (χ0n) is 23.6. The predicted molar refractivity (Wildman–Crippen MR) is 149 cm³/mol. The molecule has 0 bridgehead atoms. The molecule has 4 aliphatic rings. The Hall–Kier alpha value is -1.57. The maximum atomic E-state index is 12.7. The molecule has 3 saturated carbocycles. The number of rotatable bonds is 7. The lowest BCUT2D eigenvalue weighted by Gasteiger charge is -2.58. The quantitative estimate of drug-likeness (QED) is 0.281. The van der Waals surface area contributed by atoms with Crippen LogP contribution in [-0.4, -0.2) is 12.1 Å². The van der Waals surface area contributed by atoms with Crippen molar-refractivity contribution in [1.29, 1.82) is 0 Å². The highest BCUT2D eigenvalue weighted by Crippen LogP contribution is 2.67. The van der Waals surface area contributed by atoms with Gasteiger partial charge in [-0.3, -0.25) is 0 Å². The number of allylic oxidation sites excluding steroid dienone is 2. The van der Waals surface area contributed by atoms with Gasteiger partial charge in [-0.15, -0.1) is 0 Å². The van der Waals surface area contributed by atoms with Crippen molar-refractivity contribution in [3.8, 4) is 0 Å². The predicted octanol–water partition coefficient (Wildman–Crippen LogP) is 9.25. The molecule has 0 amide bonds. The Morgan fingerprint density at radius 3 is 2.42 bits per heavy atom. The van der Waals surface area contributed by atoms with Crippen LogP contribution in [0, 0.1) is 46.3 Å². The van der Waals surface area contributed by atoms with Crippen LogP contribution in [0.25, 0.3) is 0 Å². The van der Waals surface area contributed by atoms with Gasteiger partial charge < -0.3 is 4.74 Å². The highest BCUT2D eigenvalue weighted by atomic mass is 16.5. The minimum absolute atomic E-state index is 0.0714. The first-order chi connectivity index (χ1) is 17.2. The highest BCUT2D eigenvalue weighted by Gasteiger charge is 2.58. The first-order valence-corrected chi connectivity index (χ1v) is 15.2. The Morgan fingerprint density at radius 1 is 0.944 bits per heavy atom. The van der Waals surface area contributed by atoms with Crippen molar-refractivity contribution in [2.24, 2.45) is 46.3 Å². The van der Waals surface area contributed by atoms with Crippen molar-refractivity contribution in [1.82, 2.24) is 0 Å². The second-order valence-electron chi connectivity index (χ2n) is 13.9. The zero-order valence-corrected chi connectivity index (χ0v) is 23.6. The lowest BCUT2D eigenvalue weighted by molar-refractivity contribution is -0.0523. The summed E-state index contributed by atoms with van der Waals surface area (Å²) in [4.78, 5) is 12.7. The summed E-state index contributed by atoms with van der Waals surface area (Å²) in [6.07, 6.45) is 17.0. The highest BCUT2D eigenvalue weighted by molar-refractivity contribution is 5.89. The van der Waals surface area contributed by atoms with Gasteiger partial charge in [0.1, 0.15) is 6.10 Å². The molecule has 0 aromatic heterocycles. The summed E-state index contributed by atoms with van der Waals surface area (Å²) in [6.45, 7) is 12.6. The molecule has 0 spiro atoms. The van der Waals surface area contributed by atoms with Gasteiger partial charge in [0.25, 0.3) is 0 Å². The fourth-order valence-corrected chi connectivity index (χ4v) is 9.40. The number of ether oxygens (including phenoxy) is 1. The third kappa shape index (κ3) is 4.71. The standard InChI is InChI=1S/C34H50O2/c1-23(2)10-9-11-24(3)29-16-17-30-28-15-14-26-22-27(36-32(35)25-12-7-6-8-13-25)18-20-33(26,4)31(28)19-21-34(29,30)5/h6-8,12-13,15,23-24,26-27,29-31H,9-11,14,16-22H2,1-5H3/t24-,26-,27+,29-,30+,31+,33+,34-/m1/s1. The average molecular weight is 491 g/mol. The van der Waals surface area contributed by atoms with Crippen molar-refractivity contribution < 1.29 is 9.53 Å². The first-order valence-electron chi connectivity index (χ1n) is 15.2. The number of hydrogen-bond acceptors (Lipinski definition) is 2. The van der Waals surface area contributed by atoms with Crippen LogP contribution in [0.4, 0.5) is 0 Å². The molecule has 2 nitrogen and oxygen atoms in total. The van der Waals surface area contributed by atoms with E-state index in [0.717, 1.165) is 42.4 Å². The summed E-state index contributed by atoms with van der Waals surface area (Å²) >= 11 is 0. The van der Waals surface area contributed by atoms with Crippen molar-refractivity contribution in [2.45, 2.75) is 111 Å². The van der Waals surface area contributed by atoms with Crippen LogP contribution < -0.4 is 0 Å². The van der Waals surface area contributed by atoms with Crippen LogP contribution >= 0.6 is 0 Å². The lowest BCUT2D eigenvalue weighted by atomic mass is 9.47. The lowest BCUT2D eigenvalue weighted by Crippen LogP contribution is -2.50. The van der Waals surface area contributed by atoms with E-state index in [1.54, 1.807) is 0 Å². The summed E-state index contributed by atoms with van der Waals surface area (Å²) < 4.78 is 6.02. The van der Waals surface area contributed by atoms with E-state index in [0.29, 0.717) is 22.3 Å². The molecule has 0 unspecified atom stereocenters. The Morgan fingerprint density at radius 2 is 1.67 bits per heavy atom. The summed E-state index contributed by atoms with van der Waals surface area (Å²) in [6, 6.07) is 9.51. The zero-order chi connectivity index (χ0) is 25.5. The molecule has 0 aliphatic heterocycles. The molecule has 8 atom stereocenters. The number of carbonyl (C=O) groups excluding carboxylic acids is 1. The summed E-state index contributed by atoms with van der Waals surface area (Å²) in [5.74, 6) is 4.63. The third-order valence-corrected chi connectivity index (χ3v) is 11.5. The fraction of sp³-hybridized carbons (Fsp3) is 0.735. The molecular weight excluding hydrogens is 440 g/mol. The van der Waals surface area contributed by atoms with Crippen molar-refractivity contribution in [3.63, 3.8) is 0 Å². The smallest absolute Gasteiger partial charge is 0.338 e. The minimum Gasteiger partial charge on any atom is -0.459 e. The van der Waals surface area contributed by atoms with Crippen LogP contribution in [0.15, 0.2) is 42.0 Å². The molecule has 2 heteroatoms. The number of benzene rings is 1. The van der Waals surface area contributed by atoms with Gasteiger partial charge in [0, 0.05) is 0 Å². The van der Waals surface area contributed by atoms with Gasteiger partial charge in [-0.1, -0.05) is 83.7 Å². The Balaban J connectivity index is 1.25. The molecule has 1 aromatic rings. The average Bonchev–Trinajstić information content (AvgIpc) is 3.22. The maximum Gasteiger partial charge on any atom is 0.338 e. The van der Waals surface area contributed by atoms with E-state index in [1.807, 2.05) is 35.9 Å². The molecule has 36 heavy (non-hydrogen) atoms. The number of esters is 1. The molecular formula is C34H50O2. The molecule has 198 valence electrons. The van der Waals surface area contributed by atoms with E-state index in [-0.39, 0.29) is 12.1 Å². The fourth-order valence-electron chi connectivity index (χ4n) is 9.40. The monoisotopic (exact) mass is 490 g/mol. The SMILES string of the molecule is CC(C)CCC[C@@H](C)[C@H]1CC[C@H]2C3=CC[C@@H]4C[C@@H](OC(=O)c5ccccc5)CC[C@]4(C)[C@H]3CC[C@]12C. The molecule has 1 aromatic carbocycles. The maximum absolute atomic E-state index is 12.7. The number of carbonyl (C=O) groups is 1. The Bertz CT molecular complexity index is 947. The molecule has 0 heterocycles. The molecule has 5 rings (SSSR count). The topological polar surface area (TPSA) is 26.3 Å². The molecule has 0 N–H and O–H groups in total. The van der Waals surface area contributed by atoms with Gasteiger partial charge in [0.15, 0.2) is 0 Å². The number of fused-ring (bicyclic) bond motifs is 5. The Labute approximate surface area is 220 Å². The molecule has 4 aliphatic carbocycles. The van der Waals surface area contributed by atoms with Crippen LogP contribution in [0.2, 0.25) is 0 Å². The van der Waals surface area contributed by atoms with Crippen molar-refractivity contribution in [3.05, 3.63) is 47.5 Å². The Kier molecular flexibility index (Phi) is 7.45. The van der Waals surface area contributed by atoms with Gasteiger partial charge >= 0.3 is 5.97 Å².